The van der Waals surface area contributed by atoms with Gasteiger partial charge in [0.15, 0.2) is 0 Å². The topological polar surface area (TPSA) is 103 Å². The summed E-state index contributed by atoms with van der Waals surface area (Å²) in [7, 11) is 0. The van der Waals surface area contributed by atoms with Crippen LogP contribution in [0.15, 0.2) is 29.3 Å². The van der Waals surface area contributed by atoms with E-state index in [9.17, 15) is 9.59 Å². The maximum absolute atomic E-state index is 11.3. The van der Waals surface area contributed by atoms with Crippen LogP contribution < -0.4 is 11.1 Å². The molecule has 7 nitrogen and oxygen atoms in total. The fourth-order valence-electron chi connectivity index (χ4n) is 3.09. The summed E-state index contributed by atoms with van der Waals surface area (Å²) in [5.41, 5.74) is 6.96. The van der Waals surface area contributed by atoms with Gasteiger partial charge in [0.05, 0.1) is 0 Å². The number of carbonyl (C=O) groups is 2. The number of guanidine groups is 1. The summed E-state index contributed by atoms with van der Waals surface area (Å²) in [6, 6.07) is 9.10. The lowest BCUT2D eigenvalue weighted by atomic mass is 9.84. The third kappa shape index (κ3) is 15.8. The van der Waals surface area contributed by atoms with E-state index in [0.717, 1.165) is 5.92 Å². The number of benzene rings is 1. The molecule has 0 spiro atoms. The molecular formula is C26H45N3O4. The lowest BCUT2D eigenvalue weighted by molar-refractivity contribution is 0.0562. The Morgan fingerprint density at radius 3 is 1.85 bits per heavy atom. The van der Waals surface area contributed by atoms with Gasteiger partial charge in [0, 0.05) is 0 Å². The predicted octanol–water partition coefficient (Wildman–Crippen LogP) is 6.83. The lowest BCUT2D eigenvalue weighted by Gasteiger charge is -2.21. The number of aryl methyl sites for hydroxylation is 1. The average Bonchev–Trinajstić information content (AvgIpc) is 2.68. The first-order chi connectivity index (χ1) is 15.2. The Morgan fingerprint density at radius 1 is 0.909 bits per heavy atom. The highest BCUT2D eigenvalue weighted by Crippen LogP contribution is 2.32. The average molecular weight is 464 g/mol. The highest BCUT2D eigenvalue weighted by Gasteiger charge is 2.19. The molecule has 0 radical (unpaired) electrons. The quantitative estimate of drug-likeness (QED) is 0.351. The van der Waals surface area contributed by atoms with Gasteiger partial charge in [-0.2, -0.15) is 0 Å². The molecule has 1 fully saturated rings. The van der Waals surface area contributed by atoms with E-state index in [1.54, 1.807) is 47.1 Å². The molecule has 0 heterocycles. The molecule has 2 rings (SSSR count). The van der Waals surface area contributed by atoms with Crippen molar-refractivity contribution in [2.75, 3.05) is 0 Å². The molecule has 1 aromatic carbocycles. The summed E-state index contributed by atoms with van der Waals surface area (Å²) in [6.45, 7) is 16.3. The minimum Gasteiger partial charge on any atom is -0.444 e. The Morgan fingerprint density at radius 2 is 1.39 bits per heavy atom. The number of aliphatic imine (C=N–C) groups is 1. The minimum atomic E-state index is -0.879. The number of amides is 2. The number of rotatable bonds is 1. The number of carbonyl (C=O) groups excluding carboxylic acids is 2. The number of ether oxygens (including phenoxy) is 2. The van der Waals surface area contributed by atoms with Crippen molar-refractivity contribution in [3.63, 3.8) is 0 Å². The van der Waals surface area contributed by atoms with E-state index >= 15 is 0 Å². The van der Waals surface area contributed by atoms with Gasteiger partial charge in [-0.3, -0.25) is 5.32 Å². The van der Waals surface area contributed by atoms with Crippen molar-refractivity contribution < 1.29 is 19.1 Å². The number of nitrogens with one attached hydrogen (secondary N) is 1. The molecule has 0 aromatic heterocycles. The van der Waals surface area contributed by atoms with Crippen LogP contribution >= 0.6 is 0 Å². The van der Waals surface area contributed by atoms with Crippen LogP contribution in [0.2, 0.25) is 0 Å². The van der Waals surface area contributed by atoms with E-state index < -0.39 is 23.4 Å². The number of nitrogens with zero attached hydrogens (tertiary/aromatic N) is 1. The Bertz CT molecular complexity index is 738. The van der Waals surface area contributed by atoms with E-state index in [-0.39, 0.29) is 5.96 Å². The first kappa shape index (κ1) is 30.4. The second-order valence-electron chi connectivity index (χ2n) is 9.85. The van der Waals surface area contributed by atoms with Crippen LogP contribution in [0.25, 0.3) is 0 Å². The summed E-state index contributed by atoms with van der Waals surface area (Å²) in [5.74, 6) is 0.479. The standard InChI is InChI=1S/C13H18.C11H21N3O4.C2H6/c1-11-7-9-13(10-8-11)12-5-3-2-4-6-12;1-10(2,3)17-8(15)13-7(12)14-9(16)18-11(4,5)6;1-2/h7-10,12H,2-6H2,1H3;1-6H3,(H3,12,13,14,15,16);1-2H3. The molecule has 188 valence electrons. The Kier molecular flexibility index (Phi) is 13.4. The molecular weight excluding hydrogens is 418 g/mol. The molecule has 0 atom stereocenters. The van der Waals surface area contributed by atoms with E-state index in [0.29, 0.717) is 0 Å². The molecule has 3 N–H and O–H groups in total. The molecule has 1 aliphatic rings. The molecule has 1 saturated carbocycles. The van der Waals surface area contributed by atoms with Crippen molar-refractivity contribution in [2.24, 2.45) is 10.7 Å². The van der Waals surface area contributed by atoms with Crippen molar-refractivity contribution in [3.8, 4) is 0 Å². The number of nitrogens with two attached hydrogens (primary N) is 1. The number of hydrogen-bond acceptors (Lipinski definition) is 4. The van der Waals surface area contributed by atoms with Crippen molar-refractivity contribution >= 4 is 18.1 Å². The van der Waals surface area contributed by atoms with Crippen LogP contribution in [0, 0.1) is 6.92 Å². The molecule has 2 amide bonds. The third-order valence-electron chi connectivity index (χ3n) is 4.39. The fourth-order valence-corrected chi connectivity index (χ4v) is 3.09. The second-order valence-corrected chi connectivity index (χ2v) is 9.85. The summed E-state index contributed by atoms with van der Waals surface area (Å²) in [4.78, 5) is 25.9. The smallest absolute Gasteiger partial charge is 0.437 e. The molecule has 0 bridgehead atoms. The van der Waals surface area contributed by atoms with Gasteiger partial charge in [-0.15, -0.1) is 4.99 Å². The Hall–Kier alpha value is -2.57. The molecule has 7 heteroatoms. The molecule has 33 heavy (non-hydrogen) atoms. The van der Waals surface area contributed by atoms with Crippen LogP contribution in [-0.4, -0.2) is 29.3 Å². The summed E-state index contributed by atoms with van der Waals surface area (Å²) in [5, 5.41) is 2.12. The molecule has 0 aliphatic heterocycles. The van der Waals surface area contributed by atoms with Gasteiger partial charge in [-0.25, -0.2) is 9.59 Å². The fraction of sp³-hybridized carbons (Fsp3) is 0.654. The maximum Gasteiger partial charge on any atom is 0.437 e. The zero-order chi connectivity index (χ0) is 25.7. The lowest BCUT2D eigenvalue weighted by Crippen LogP contribution is -2.41. The first-order valence-corrected chi connectivity index (χ1v) is 11.9. The molecule has 0 unspecified atom stereocenters. The highest BCUT2D eigenvalue weighted by molar-refractivity contribution is 5.97. The van der Waals surface area contributed by atoms with Crippen molar-refractivity contribution in [3.05, 3.63) is 35.4 Å². The Balaban J connectivity index is 0.000000597. The maximum atomic E-state index is 11.3. The predicted molar refractivity (Wildman–Crippen MR) is 136 cm³/mol. The number of alkyl carbamates (subject to hydrolysis) is 1. The van der Waals surface area contributed by atoms with Gasteiger partial charge in [-0.05, 0) is 72.8 Å². The normalized spacial score (nSPS) is 14.6. The van der Waals surface area contributed by atoms with Crippen LogP contribution in [0.5, 0.6) is 0 Å². The van der Waals surface area contributed by atoms with Gasteiger partial charge in [0.25, 0.3) is 0 Å². The van der Waals surface area contributed by atoms with Crippen LogP contribution in [0.4, 0.5) is 9.59 Å². The number of hydrogen-bond donors (Lipinski definition) is 2. The monoisotopic (exact) mass is 463 g/mol. The van der Waals surface area contributed by atoms with Gasteiger partial charge >= 0.3 is 12.2 Å². The molecule has 1 aromatic rings. The van der Waals surface area contributed by atoms with Crippen LogP contribution in [0.3, 0.4) is 0 Å². The largest absolute Gasteiger partial charge is 0.444 e. The van der Waals surface area contributed by atoms with Gasteiger partial charge in [0.1, 0.15) is 11.2 Å². The van der Waals surface area contributed by atoms with E-state index in [1.807, 2.05) is 13.8 Å². The van der Waals surface area contributed by atoms with Crippen LogP contribution in [-0.2, 0) is 9.47 Å². The van der Waals surface area contributed by atoms with E-state index in [1.165, 1.54) is 37.7 Å². The molecule has 0 saturated heterocycles. The minimum absolute atomic E-state index is 0.376. The zero-order valence-electron chi connectivity index (χ0n) is 22.1. The SMILES string of the molecule is CC.CC(C)(C)OC(=O)/N=C(\N)NC(=O)OC(C)(C)C.Cc1ccc(C2CCCCC2)cc1. The first-order valence-electron chi connectivity index (χ1n) is 11.9. The highest BCUT2D eigenvalue weighted by atomic mass is 16.6. The summed E-state index contributed by atoms with van der Waals surface area (Å²) < 4.78 is 9.82. The molecule has 1 aliphatic carbocycles. The van der Waals surface area contributed by atoms with Crippen molar-refractivity contribution in [1.29, 1.82) is 0 Å². The summed E-state index contributed by atoms with van der Waals surface area (Å²) >= 11 is 0. The van der Waals surface area contributed by atoms with E-state index in [2.05, 4.69) is 41.5 Å². The Labute approximate surface area is 200 Å². The third-order valence-corrected chi connectivity index (χ3v) is 4.39. The van der Waals surface area contributed by atoms with E-state index in [4.69, 9.17) is 15.2 Å². The van der Waals surface area contributed by atoms with Gasteiger partial charge in [-0.1, -0.05) is 62.9 Å². The van der Waals surface area contributed by atoms with Crippen LogP contribution in [0.1, 0.15) is 105 Å². The van der Waals surface area contributed by atoms with Crippen molar-refractivity contribution in [2.45, 2.75) is 112 Å². The van der Waals surface area contributed by atoms with Gasteiger partial charge < -0.3 is 15.2 Å². The zero-order valence-corrected chi connectivity index (χ0v) is 22.1. The van der Waals surface area contributed by atoms with Gasteiger partial charge in [0.2, 0.25) is 5.96 Å². The second kappa shape index (κ2) is 14.6. The summed E-state index contributed by atoms with van der Waals surface area (Å²) in [6.07, 6.45) is 5.45. The van der Waals surface area contributed by atoms with Crippen molar-refractivity contribution in [1.82, 2.24) is 5.32 Å².